The van der Waals surface area contributed by atoms with Crippen LogP contribution in [0.3, 0.4) is 0 Å². The molecule has 1 aromatic carbocycles. The van der Waals surface area contributed by atoms with Crippen molar-refractivity contribution in [1.29, 1.82) is 0 Å². The number of hydrogen-bond acceptors (Lipinski definition) is 4. The molecule has 1 heterocycles. The van der Waals surface area contributed by atoms with Crippen LogP contribution in [0.25, 0.3) is 0 Å². The maximum atomic E-state index is 12.1. The Balaban J connectivity index is 1.89. The lowest BCUT2D eigenvalue weighted by Crippen LogP contribution is -2.32. The highest BCUT2D eigenvalue weighted by molar-refractivity contribution is 6.00. The van der Waals surface area contributed by atoms with Gasteiger partial charge in [-0.2, -0.15) is 0 Å². The summed E-state index contributed by atoms with van der Waals surface area (Å²) in [7, 11) is 3.12. The number of benzene rings is 1. The molecule has 7 nitrogen and oxygen atoms in total. The van der Waals surface area contributed by atoms with E-state index in [1.165, 1.54) is 23.6 Å². The first-order valence-corrected chi connectivity index (χ1v) is 7.66. The molecule has 0 aliphatic rings. The predicted octanol–water partition coefficient (Wildman–Crippen LogP) is 1.92. The molecular formula is C17H22N4O3. The zero-order valence-electron chi connectivity index (χ0n) is 14.3. The van der Waals surface area contributed by atoms with Crippen LogP contribution < -0.4 is 15.4 Å². The second-order valence-electron chi connectivity index (χ2n) is 5.73. The first-order valence-electron chi connectivity index (χ1n) is 7.66. The number of hydrogen-bond donors (Lipinski definition) is 2. The second kappa shape index (κ2) is 7.63. The van der Waals surface area contributed by atoms with E-state index in [1.54, 1.807) is 7.05 Å². The predicted molar refractivity (Wildman–Crippen MR) is 91.3 cm³/mol. The van der Waals surface area contributed by atoms with Crippen molar-refractivity contribution in [2.45, 2.75) is 19.8 Å². The molecule has 2 aromatic rings. The van der Waals surface area contributed by atoms with E-state index in [1.807, 2.05) is 24.3 Å². The Hall–Kier alpha value is -2.83. The highest BCUT2D eigenvalue weighted by atomic mass is 16.5. The topological polar surface area (TPSA) is 85.2 Å². The van der Waals surface area contributed by atoms with Gasteiger partial charge >= 0.3 is 0 Å². The molecule has 0 aliphatic carbocycles. The van der Waals surface area contributed by atoms with Crippen LogP contribution in [-0.4, -0.2) is 35.2 Å². The molecule has 0 saturated heterocycles. The molecule has 0 radical (unpaired) electrons. The van der Waals surface area contributed by atoms with Gasteiger partial charge in [-0.25, -0.2) is 0 Å². The quantitative estimate of drug-likeness (QED) is 0.847. The molecule has 0 aliphatic heterocycles. The third-order valence-electron chi connectivity index (χ3n) is 3.50. The summed E-state index contributed by atoms with van der Waals surface area (Å²) >= 11 is 0. The third kappa shape index (κ3) is 4.34. The Kier molecular flexibility index (Phi) is 5.57. The van der Waals surface area contributed by atoms with E-state index in [0.29, 0.717) is 11.6 Å². The van der Waals surface area contributed by atoms with Crippen molar-refractivity contribution in [3.63, 3.8) is 0 Å². The fourth-order valence-electron chi connectivity index (χ4n) is 2.19. The van der Waals surface area contributed by atoms with Crippen molar-refractivity contribution in [3.05, 3.63) is 41.6 Å². The molecule has 0 saturated carbocycles. The van der Waals surface area contributed by atoms with Crippen LogP contribution in [0, 0.1) is 0 Å². The second-order valence-corrected chi connectivity index (χ2v) is 5.73. The molecular weight excluding hydrogens is 308 g/mol. The third-order valence-corrected chi connectivity index (χ3v) is 3.50. The molecule has 128 valence electrons. The minimum Gasteiger partial charge on any atom is -0.479 e. The summed E-state index contributed by atoms with van der Waals surface area (Å²) < 4.78 is 6.50. The molecule has 0 unspecified atom stereocenters. The number of anilines is 1. The fourth-order valence-corrected chi connectivity index (χ4v) is 2.19. The van der Waals surface area contributed by atoms with Crippen LogP contribution in [0.2, 0.25) is 0 Å². The summed E-state index contributed by atoms with van der Waals surface area (Å²) in [5, 5.41) is 9.30. The maximum Gasteiger partial charge on any atom is 0.258 e. The number of aryl methyl sites for hydroxylation is 1. The smallest absolute Gasteiger partial charge is 0.258 e. The van der Waals surface area contributed by atoms with E-state index in [2.05, 4.69) is 29.6 Å². The highest BCUT2D eigenvalue weighted by Gasteiger charge is 2.17. The largest absolute Gasteiger partial charge is 0.479 e. The number of amides is 2. The van der Waals surface area contributed by atoms with Gasteiger partial charge in [-0.15, -0.1) is 5.10 Å². The monoisotopic (exact) mass is 330 g/mol. The Morgan fingerprint density at radius 1 is 1.25 bits per heavy atom. The van der Waals surface area contributed by atoms with Crippen LogP contribution >= 0.6 is 0 Å². The number of aromatic nitrogens is 2. The molecule has 2 N–H and O–H groups in total. The van der Waals surface area contributed by atoms with Gasteiger partial charge in [0.25, 0.3) is 5.91 Å². The Labute approximate surface area is 141 Å². The van der Waals surface area contributed by atoms with Crippen LogP contribution in [0.15, 0.2) is 30.5 Å². The number of ether oxygens (including phenoxy) is 1. The molecule has 24 heavy (non-hydrogen) atoms. The lowest BCUT2D eigenvalue weighted by atomic mass is 10.0. The minimum atomic E-state index is -0.412. The Morgan fingerprint density at radius 3 is 2.50 bits per heavy atom. The van der Waals surface area contributed by atoms with Crippen molar-refractivity contribution >= 4 is 17.5 Å². The minimum absolute atomic E-state index is 0.136. The van der Waals surface area contributed by atoms with Crippen molar-refractivity contribution in [2.24, 2.45) is 7.05 Å². The summed E-state index contributed by atoms with van der Waals surface area (Å²) in [6.07, 6.45) is 1.54. The van der Waals surface area contributed by atoms with E-state index in [9.17, 15) is 9.59 Å². The normalized spacial score (nSPS) is 10.5. The summed E-state index contributed by atoms with van der Waals surface area (Å²) in [6, 6.07) is 7.64. The Bertz CT molecular complexity index is 720. The maximum absolute atomic E-state index is 12.1. The van der Waals surface area contributed by atoms with Crippen LogP contribution in [0.4, 0.5) is 5.69 Å². The summed E-state index contributed by atoms with van der Waals surface area (Å²) in [6.45, 7) is 4.08. The lowest BCUT2D eigenvalue weighted by molar-refractivity contribution is -0.115. The van der Waals surface area contributed by atoms with Gasteiger partial charge in [0, 0.05) is 18.9 Å². The molecule has 0 spiro atoms. The summed E-state index contributed by atoms with van der Waals surface area (Å²) in [4.78, 5) is 24.0. The van der Waals surface area contributed by atoms with E-state index in [4.69, 9.17) is 4.74 Å². The number of carbonyl (C=O) groups excluding carboxylic acids is 2. The molecule has 2 amide bonds. The Morgan fingerprint density at radius 2 is 1.92 bits per heavy atom. The average Bonchev–Trinajstić information content (AvgIpc) is 2.94. The molecule has 2 rings (SSSR count). The van der Waals surface area contributed by atoms with E-state index in [0.717, 1.165) is 0 Å². The van der Waals surface area contributed by atoms with Gasteiger partial charge in [-0.05, 0) is 23.6 Å². The van der Waals surface area contributed by atoms with Gasteiger partial charge in [0.2, 0.25) is 11.8 Å². The van der Waals surface area contributed by atoms with Gasteiger partial charge in [0.15, 0.2) is 0 Å². The van der Waals surface area contributed by atoms with Crippen LogP contribution in [0.1, 0.15) is 35.7 Å². The number of nitrogens with one attached hydrogen (secondary N) is 2. The lowest BCUT2D eigenvalue weighted by Gasteiger charge is -2.09. The molecule has 0 atom stereocenters. The standard InChI is InChI=1S/C17H22N4O3/c1-11(2)12-5-7-13(8-6-12)19-15(22)9-18-16(23)14-10-21(3)20-17(14)24-4/h5-8,10-11H,9H2,1-4H3,(H,18,23)(H,19,22). The summed E-state index contributed by atoms with van der Waals surface area (Å²) in [5.41, 5.74) is 2.18. The zero-order chi connectivity index (χ0) is 17.7. The van der Waals surface area contributed by atoms with E-state index >= 15 is 0 Å². The molecule has 1 aromatic heterocycles. The number of rotatable bonds is 6. The van der Waals surface area contributed by atoms with Crippen molar-refractivity contribution < 1.29 is 14.3 Å². The van der Waals surface area contributed by atoms with E-state index < -0.39 is 5.91 Å². The number of methoxy groups -OCH3 is 1. The van der Waals surface area contributed by atoms with Crippen LogP contribution in [0.5, 0.6) is 5.88 Å². The highest BCUT2D eigenvalue weighted by Crippen LogP contribution is 2.17. The SMILES string of the molecule is COc1nn(C)cc1C(=O)NCC(=O)Nc1ccc(C(C)C)cc1. The van der Waals surface area contributed by atoms with Gasteiger partial charge in [0.05, 0.1) is 13.7 Å². The number of carbonyl (C=O) groups is 2. The molecule has 0 fully saturated rings. The van der Waals surface area contributed by atoms with Gasteiger partial charge in [-0.3, -0.25) is 14.3 Å². The first-order chi connectivity index (χ1) is 11.4. The van der Waals surface area contributed by atoms with Crippen LogP contribution in [-0.2, 0) is 11.8 Å². The van der Waals surface area contributed by atoms with Gasteiger partial charge in [-0.1, -0.05) is 26.0 Å². The van der Waals surface area contributed by atoms with E-state index in [-0.39, 0.29) is 23.9 Å². The average molecular weight is 330 g/mol. The molecule has 0 bridgehead atoms. The first kappa shape index (κ1) is 17.5. The fraction of sp³-hybridized carbons (Fsp3) is 0.353. The van der Waals surface area contributed by atoms with Crippen molar-refractivity contribution in [2.75, 3.05) is 19.0 Å². The van der Waals surface area contributed by atoms with Gasteiger partial charge < -0.3 is 15.4 Å². The summed E-state index contributed by atoms with van der Waals surface area (Å²) in [5.74, 6) is -0.0584. The number of nitrogens with zero attached hydrogens (tertiary/aromatic N) is 2. The van der Waals surface area contributed by atoms with Crippen molar-refractivity contribution in [3.8, 4) is 5.88 Å². The van der Waals surface area contributed by atoms with Crippen molar-refractivity contribution in [1.82, 2.24) is 15.1 Å². The molecule has 7 heteroatoms. The van der Waals surface area contributed by atoms with Gasteiger partial charge in [0.1, 0.15) is 5.56 Å². The zero-order valence-corrected chi connectivity index (χ0v) is 14.3.